The average Bonchev–Trinajstić information content (AvgIpc) is 3.06. The van der Waals surface area contributed by atoms with E-state index < -0.39 is 0 Å². The van der Waals surface area contributed by atoms with E-state index in [0.29, 0.717) is 0 Å². The third-order valence-electron chi connectivity index (χ3n) is 3.88. The van der Waals surface area contributed by atoms with Gasteiger partial charge in [-0.15, -0.1) is 11.3 Å². The van der Waals surface area contributed by atoms with Crippen LogP contribution in [0.15, 0.2) is 66.0 Å². The summed E-state index contributed by atoms with van der Waals surface area (Å²) >= 11 is 1.48. The number of nitrogens with one attached hydrogen (secondary N) is 1. The molecule has 0 aliphatic heterocycles. The summed E-state index contributed by atoms with van der Waals surface area (Å²) in [6.45, 7) is 4.07. The number of hydrogen-bond donors (Lipinski definition) is 1. The first-order valence-electron chi connectivity index (χ1n) is 7.65. The number of carbonyl (C=O) groups is 1. The molecule has 0 bridgehead atoms. The van der Waals surface area contributed by atoms with Crippen molar-refractivity contribution in [2.24, 2.45) is 0 Å². The molecule has 1 amide bonds. The van der Waals surface area contributed by atoms with Gasteiger partial charge in [-0.1, -0.05) is 60.2 Å². The van der Waals surface area contributed by atoms with Crippen molar-refractivity contribution in [3.8, 4) is 11.1 Å². The SMILES string of the molecule is Cc1ccc(-c2ccsc2C(=O)N[C@@H](C)c2ccccc2)cc1. The number of benzene rings is 2. The summed E-state index contributed by atoms with van der Waals surface area (Å²) in [5, 5.41) is 5.06. The molecule has 0 fully saturated rings. The van der Waals surface area contributed by atoms with Crippen LogP contribution in [0, 0.1) is 6.92 Å². The van der Waals surface area contributed by atoms with Crippen molar-refractivity contribution in [3.63, 3.8) is 0 Å². The van der Waals surface area contributed by atoms with Crippen molar-refractivity contribution >= 4 is 17.2 Å². The zero-order valence-electron chi connectivity index (χ0n) is 13.2. The summed E-state index contributed by atoms with van der Waals surface area (Å²) < 4.78 is 0. The lowest BCUT2D eigenvalue weighted by Gasteiger charge is -2.14. The fraction of sp³-hybridized carbons (Fsp3) is 0.150. The first-order chi connectivity index (χ1) is 11.1. The molecular weight excluding hydrogens is 302 g/mol. The summed E-state index contributed by atoms with van der Waals surface area (Å²) in [5.41, 5.74) is 4.39. The van der Waals surface area contributed by atoms with Gasteiger partial charge in [0.25, 0.3) is 5.91 Å². The van der Waals surface area contributed by atoms with Gasteiger partial charge in [0, 0.05) is 5.56 Å². The van der Waals surface area contributed by atoms with E-state index in [1.54, 1.807) is 0 Å². The first-order valence-corrected chi connectivity index (χ1v) is 8.53. The van der Waals surface area contributed by atoms with Gasteiger partial charge in [-0.25, -0.2) is 0 Å². The zero-order chi connectivity index (χ0) is 16.2. The number of hydrogen-bond acceptors (Lipinski definition) is 2. The van der Waals surface area contributed by atoms with Crippen LogP contribution in [0.2, 0.25) is 0 Å². The van der Waals surface area contributed by atoms with E-state index >= 15 is 0 Å². The molecule has 0 saturated carbocycles. The molecule has 2 nitrogen and oxygen atoms in total. The van der Waals surface area contributed by atoms with Gasteiger partial charge in [-0.05, 0) is 36.4 Å². The van der Waals surface area contributed by atoms with E-state index in [1.165, 1.54) is 16.9 Å². The lowest BCUT2D eigenvalue weighted by Crippen LogP contribution is -2.26. The lowest BCUT2D eigenvalue weighted by molar-refractivity contribution is 0.0944. The van der Waals surface area contributed by atoms with Crippen molar-refractivity contribution < 1.29 is 4.79 Å². The van der Waals surface area contributed by atoms with E-state index in [-0.39, 0.29) is 11.9 Å². The van der Waals surface area contributed by atoms with Gasteiger partial charge in [0.1, 0.15) is 0 Å². The molecule has 1 atom stereocenters. The van der Waals surface area contributed by atoms with E-state index in [9.17, 15) is 4.79 Å². The van der Waals surface area contributed by atoms with E-state index in [0.717, 1.165) is 21.6 Å². The highest BCUT2D eigenvalue weighted by atomic mass is 32.1. The second-order valence-electron chi connectivity index (χ2n) is 5.64. The molecular formula is C20H19NOS. The van der Waals surface area contributed by atoms with Gasteiger partial charge in [-0.3, -0.25) is 4.79 Å². The molecule has 2 aromatic carbocycles. The van der Waals surface area contributed by atoms with Crippen molar-refractivity contribution in [2.75, 3.05) is 0 Å². The van der Waals surface area contributed by atoms with Crippen LogP contribution in [0.4, 0.5) is 0 Å². The lowest BCUT2D eigenvalue weighted by atomic mass is 10.0. The molecule has 3 rings (SSSR count). The minimum Gasteiger partial charge on any atom is -0.345 e. The molecule has 0 spiro atoms. The fourth-order valence-electron chi connectivity index (χ4n) is 2.53. The van der Waals surface area contributed by atoms with Gasteiger partial charge in [0.2, 0.25) is 0 Å². The summed E-state index contributed by atoms with van der Waals surface area (Å²) in [7, 11) is 0. The standard InChI is InChI=1S/C20H19NOS/c1-14-8-10-17(11-9-14)18-12-13-23-19(18)20(22)21-15(2)16-6-4-3-5-7-16/h3-13,15H,1-2H3,(H,21,22)/t15-/m0/s1. The van der Waals surface area contributed by atoms with Crippen LogP contribution < -0.4 is 5.32 Å². The smallest absolute Gasteiger partial charge is 0.262 e. The summed E-state index contributed by atoms with van der Waals surface area (Å²) in [6.07, 6.45) is 0. The van der Waals surface area contributed by atoms with Crippen LogP contribution in [-0.2, 0) is 0 Å². The Morgan fingerprint density at radius 3 is 2.39 bits per heavy atom. The van der Waals surface area contributed by atoms with Gasteiger partial charge >= 0.3 is 0 Å². The third kappa shape index (κ3) is 3.51. The molecule has 1 heterocycles. The Bertz CT molecular complexity index is 790. The summed E-state index contributed by atoms with van der Waals surface area (Å²) in [5.74, 6) is -0.0214. The van der Waals surface area contributed by atoms with E-state index in [2.05, 4.69) is 36.5 Å². The Morgan fingerprint density at radius 1 is 1.00 bits per heavy atom. The number of thiophene rings is 1. The maximum absolute atomic E-state index is 12.6. The predicted molar refractivity (Wildman–Crippen MR) is 96.8 cm³/mol. The highest BCUT2D eigenvalue weighted by Gasteiger charge is 2.17. The van der Waals surface area contributed by atoms with Gasteiger partial charge in [0.15, 0.2) is 0 Å². The molecule has 0 radical (unpaired) electrons. The number of rotatable bonds is 4. The quantitative estimate of drug-likeness (QED) is 0.702. The maximum atomic E-state index is 12.6. The van der Waals surface area contributed by atoms with Crippen molar-refractivity contribution in [1.29, 1.82) is 0 Å². The number of carbonyl (C=O) groups excluding carboxylic acids is 1. The average molecular weight is 321 g/mol. The summed E-state index contributed by atoms with van der Waals surface area (Å²) in [6, 6.07) is 20.3. The van der Waals surface area contributed by atoms with Crippen LogP contribution >= 0.6 is 11.3 Å². The third-order valence-corrected chi connectivity index (χ3v) is 4.79. The second kappa shape index (κ2) is 6.80. The molecule has 0 aliphatic carbocycles. The maximum Gasteiger partial charge on any atom is 0.262 e. The molecule has 0 aliphatic rings. The van der Waals surface area contributed by atoms with Crippen molar-refractivity contribution in [1.82, 2.24) is 5.32 Å². The van der Waals surface area contributed by atoms with Gasteiger partial charge in [-0.2, -0.15) is 0 Å². The van der Waals surface area contributed by atoms with Crippen LogP contribution in [0.1, 0.15) is 33.8 Å². The van der Waals surface area contributed by atoms with Crippen molar-refractivity contribution in [2.45, 2.75) is 19.9 Å². The highest BCUT2D eigenvalue weighted by Crippen LogP contribution is 2.29. The minimum atomic E-state index is -0.0214. The Morgan fingerprint density at radius 2 is 1.70 bits per heavy atom. The molecule has 3 aromatic rings. The second-order valence-corrected chi connectivity index (χ2v) is 6.55. The highest BCUT2D eigenvalue weighted by molar-refractivity contribution is 7.12. The van der Waals surface area contributed by atoms with E-state index in [1.807, 2.05) is 48.7 Å². The predicted octanol–water partition coefficient (Wildman–Crippen LogP) is 5.21. The first kappa shape index (κ1) is 15.5. The van der Waals surface area contributed by atoms with Gasteiger partial charge < -0.3 is 5.32 Å². The van der Waals surface area contributed by atoms with E-state index in [4.69, 9.17) is 0 Å². The molecule has 3 heteroatoms. The number of amides is 1. The van der Waals surface area contributed by atoms with Crippen LogP contribution in [0.25, 0.3) is 11.1 Å². The number of aryl methyl sites for hydroxylation is 1. The largest absolute Gasteiger partial charge is 0.345 e. The Kier molecular flexibility index (Phi) is 4.58. The van der Waals surface area contributed by atoms with Crippen LogP contribution in [-0.4, -0.2) is 5.91 Å². The van der Waals surface area contributed by atoms with Crippen molar-refractivity contribution in [3.05, 3.63) is 82.0 Å². The fourth-order valence-corrected chi connectivity index (χ4v) is 3.35. The Hall–Kier alpha value is -2.39. The summed E-state index contributed by atoms with van der Waals surface area (Å²) in [4.78, 5) is 13.4. The Labute approximate surface area is 140 Å². The zero-order valence-corrected chi connectivity index (χ0v) is 14.1. The van der Waals surface area contributed by atoms with Crippen LogP contribution in [0.3, 0.4) is 0 Å². The monoisotopic (exact) mass is 321 g/mol. The molecule has 0 unspecified atom stereocenters. The molecule has 116 valence electrons. The van der Waals surface area contributed by atoms with Crippen LogP contribution in [0.5, 0.6) is 0 Å². The molecule has 23 heavy (non-hydrogen) atoms. The normalized spacial score (nSPS) is 11.9. The van der Waals surface area contributed by atoms with Gasteiger partial charge in [0.05, 0.1) is 10.9 Å². The molecule has 0 saturated heterocycles. The molecule has 1 aromatic heterocycles. The topological polar surface area (TPSA) is 29.1 Å². The minimum absolute atomic E-state index is 0.0170. The molecule has 1 N–H and O–H groups in total. The Balaban J connectivity index is 1.81.